The van der Waals surface area contributed by atoms with Crippen molar-refractivity contribution in [1.82, 2.24) is 10.2 Å². The van der Waals surface area contributed by atoms with Gasteiger partial charge in [0.1, 0.15) is 11.4 Å². The van der Waals surface area contributed by atoms with Gasteiger partial charge in [0.2, 0.25) is 5.91 Å². The highest BCUT2D eigenvalue weighted by Crippen LogP contribution is 2.36. The number of carbonyl (C=O) groups excluding carboxylic acids is 2. The lowest BCUT2D eigenvalue weighted by Gasteiger charge is -2.47. The van der Waals surface area contributed by atoms with Gasteiger partial charge in [0.15, 0.2) is 18.9 Å². The molecule has 2 amide bonds. The number of carboxylic acids is 2. The molecule has 1 fully saturated rings. The minimum Gasteiger partial charge on any atom is -0.481 e. The highest BCUT2D eigenvalue weighted by molar-refractivity contribution is 8.00. The predicted octanol–water partition coefficient (Wildman–Crippen LogP) is 0.211. The van der Waals surface area contributed by atoms with Crippen molar-refractivity contribution in [2.24, 2.45) is 0 Å². The number of carboxylic acid groups (broad SMARTS) is 2. The lowest BCUT2D eigenvalue weighted by molar-refractivity contribution is -0.689. The number of β-lactam (4-membered cyclic amide) rings is 1. The number of amides is 2. The summed E-state index contributed by atoms with van der Waals surface area (Å²) in [5.74, 6) is -1.75. The fourth-order valence-electron chi connectivity index (χ4n) is 3.03. The Morgan fingerprint density at radius 2 is 1.93 bits per heavy atom. The Bertz CT molecular complexity index is 838. The van der Waals surface area contributed by atoms with Gasteiger partial charge in [0, 0.05) is 42.5 Å². The first-order chi connectivity index (χ1) is 13.3. The van der Waals surface area contributed by atoms with Crippen molar-refractivity contribution >= 4 is 35.5 Å². The zero-order chi connectivity index (χ0) is 20.3. The SMILES string of the molecule is O=C(O)CCCC(=O)NC1C(=O)N2C=C(C[n+]3ccc(C(=O)O)cc3)CS[C@@H]12. The van der Waals surface area contributed by atoms with Crippen molar-refractivity contribution in [3.8, 4) is 0 Å². The van der Waals surface area contributed by atoms with Crippen LogP contribution in [-0.4, -0.2) is 56.0 Å². The first kappa shape index (κ1) is 19.9. The smallest absolute Gasteiger partial charge is 0.336 e. The first-order valence-electron chi connectivity index (χ1n) is 8.72. The summed E-state index contributed by atoms with van der Waals surface area (Å²) in [5.41, 5.74) is 1.22. The first-order valence-corrected chi connectivity index (χ1v) is 9.77. The minimum absolute atomic E-state index is 0.0758. The molecule has 1 aromatic heterocycles. The van der Waals surface area contributed by atoms with Crippen LogP contribution in [0.15, 0.2) is 36.3 Å². The van der Waals surface area contributed by atoms with Gasteiger partial charge in [-0.25, -0.2) is 9.36 Å². The van der Waals surface area contributed by atoms with E-state index in [4.69, 9.17) is 10.2 Å². The van der Waals surface area contributed by atoms with E-state index in [1.54, 1.807) is 35.3 Å². The average Bonchev–Trinajstić information content (AvgIpc) is 2.66. The number of fused-ring (bicyclic) bond motifs is 1. The Kier molecular flexibility index (Phi) is 5.98. The van der Waals surface area contributed by atoms with E-state index in [0.29, 0.717) is 12.3 Å². The molecule has 0 bridgehead atoms. The van der Waals surface area contributed by atoms with Gasteiger partial charge in [-0.3, -0.25) is 14.4 Å². The molecule has 0 aliphatic carbocycles. The fourth-order valence-corrected chi connectivity index (χ4v) is 4.28. The summed E-state index contributed by atoms with van der Waals surface area (Å²) < 4.78 is 1.84. The number of pyridine rings is 1. The van der Waals surface area contributed by atoms with Crippen LogP contribution >= 0.6 is 11.8 Å². The van der Waals surface area contributed by atoms with E-state index in [1.807, 2.05) is 4.57 Å². The standard InChI is InChI=1S/C18H19N3O6S/c22-13(2-1-3-14(23)24)19-15-16(25)21-9-11(10-28-17(15)21)8-20-6-4-12(5-7-20)18(26)27/h4-7,9,15,17H,1-3,8,10H2,(H2-,19,22,23,24,26,27)/p+1/t15?,17-/m0/s1. The van der Waals surface area contributed by atoms with Crippen molar-refractivity contribution in [3.63, 3.8) is 0 Å². The third-order valence-electron chi connectivity index (χ3n) is 4.48. The van der Waals surface area contributed by atoms with Crippen LogP contribution < -0.4 is 9.88 Å². The molecule has 3 N–H and O–H groups in total. The molecule has 10 heteroatoms. The van der Waals surface area contributed by atoms with Crippen molar-refractivity contribution < 1.29 is 34.0 Å². The van der Waals surface area contributed by atoms with Crippen molar-refractivity contribution in [2.45, 2.75) is 37.2 Å². The molecule has 0 aromatic carbocycles. The number of nitrogens with one attached hydrogen (secondary N) is 1. The Labute approximate surface area is 165 Å². The van der Waals surface area contributed by atoms with Crippen molar-refractivity contribution in [3.05, 3.63) is 41.9 Å². The van der Waals surface area contributed by atoms with Gasteiger partial charge in [-0.05, 0) is 6.42 Å². The monoisotopic (exact) mass is 406 g/mol. The summed E-state index contributed by atoms with van der Waals surface area (Å²) in [6.45, 7) is 0.537. The quantitative estimate of drug-likeness (QED) is 0.416. The van der Waals surface area contributed by atoms with Gasteiger partial charge in [0.25, 0.3) is 5.91 Å². The second kappa shape index (κ2) is 8.42. The maximum atomic E-state index is 12.3. The molecular formula is C18H20N3O6S+. The number of aliphatic carboxylic acids is 1. The highest BCUT2D eigenvalue weighted by Gasteiger charge is 2.49. The van der Waals surface area contributed by atoms with E-state index in [2.05, 4.69) is 5.32 Å². The van der Waals surface area contributed by atoms with E-state index >= 15 is 0 Å². The molecule has 3 heterocycles. The number of rotatable bonds is 8. The minimum atomic E-state index is -0.982. The van der Waals surface area contributed by atoms with Crippen molar-refractivity contribution in [2.75, 3.05) is 5.75 Å². The molecule has 1 saturated heterocycles. The second-order valence-corrected chi connectivity index (χ2v) is 7.70. The summed E-state index contributed by atoms with van der Waals surface area (Å²) >= 11 is 1.55. The van der Waals surface area contributed by atoms with E-state index < -0.39 is 18.0 Å². The topological polar surface area (TPSA) is 128 Å². The van der Waals surface area contributed by atoms with E-state index in [0.717, 1.165) is 5.57 Å². The van der Waals surface area contributed by atoms with Crippen molar-refractivity contribution in [1.29, 1.82) is 0 Å². The molecular weight excluding hydrogens is 386 g/mol. The molecule has 2 aliphatic rings. The molecule has 28 heavy (non-hydrogen) atoms. The molecule has 0 saturated carbocycles. The zero-order valence-corrected chi connectivity index (χ0v) is 15.7. The summed E-state index contributed by atoms with van der Waals surface area (Å²) in [4.78, 5) is 47.2. The lowest BCUT2D eigenvalue weighted by Crippen LogP contribution is -2.68. The summed E-state index contributed by atoms with van der Waals surface area (Å²) in [7, 11) is 0. The van der Waals surface area contributed by atoms with Gasteiger partial charge in [-0.1, -0.05) is 0 Å². The van der Waals surface area contributed by atoms with Crippen LogP contribution in [0.4, 0.5) is 0 Å². The van der Waals surface area contributed by atoms with E-state index in [-0.39, 0.29) is 42.0 Å². The fraction of sp³-hybridized carbons (Fsp3) is 0.389. The molecule has 2 atom stereocenters. The van der Waals surface area contributed by atoms with Crippen LogP contribution in [-0.2, 0) is 20.9 Å². The largest absolute Gasteiger partial charge is 0.481 e. The van der Waals surface area contributed by atoms with E-state index in [1.165, 1.54) is 12.1 Å². The Hall–Kier alpha value is -2.88. The number of carbonyl (C=O) groups is 4. The Morgan fingerprint density at radius 3 is 2.57 bits per heavy atom. The van der Waals surface area contributed by atoms with Gasteiger partial charge in [-0.15, -0.1) is 11.8 Å². The van der Waals surface area contributed by atoms with Crippen LogP contribution in [0.2, 0.25) is 0 Å². The maximum Gasteiger partial charge on any atom is 0.336 e. The van der Waals surface area contributed by atoms with Crippen LogP contribution in [0.5, 0.6) is 0 Å². The molecule has 148 valence electrons. The van der Waals surface area contributed by atoms with Gasteiger partial charge in [0.05, 0.1) is 5.56 Å². The normalized spacial score (nSPS) is 20.6. The number of thioether (sulfide) groups is 1. The highest BCUT2D eigenvalue weighted by atomic mass is 32.2. The number of hydrogen-bond acceptors (Lipinski definition) is 5. The summed E-state index contributed by atoms with van der Waals surface area (Å²) in [6, 6.07) is 2.46. The maximum absolute atomic E-state index is 12.3. The van der Waals surface area contributed by atoms with Crippen LogP contribution in [0.25, 0.3) is 0 Å². The Balaban J connectivity index is 1.53. The zero-order valence-electron chi connectivity index (χ0n) is 14.9. The van der Waals surface area contributed by atoms with E-state index in [9.17, 15) is 19.2 Å². The molecule has 3 rings (SSSR count). The van der Waals surface area contributed by atoms with Crippen LogP contribution in [0, 0.1) is 0 Å². The molecule has 0 radical (unpaired) electrons. The molecule has 1 aromatic rings. The van der Waals surface area contributed by atoms with Gasteiger partial charge in [-0.2, -0.15) is 0 Å². The average molecular weight is 406 g/mol. The molecule has 1 unspecified atom stereocenters. The third-order valence-corrected chi connectivity index (χ3v) is 5.85. The molecule has 9 nitrogen and oxygen atoms in total. The molecule has 0 spiro atoms. The summed E-state index contributed by atoms with van der Waals surface area (Å²) in [6.07, 6.45) is 5.39. The number of aromatic nitrogens is 1. The lowest BCUT2D eigenvalue weighted by atomic mass is 10.1. The van der Waals surface area contributed by atoms with Gasteiger partial charge < -0.3 is 20.4 Å². The third kappa shape index (κ3) is 4.50. The van der Waals surface area contributed by atoms with Crippen LogP contribution in [0.1, 0.15) is 29.6 Å². The predicted molar refractivity (Wildman–Crippen MR) is 98.2 cm³/mol. The van der Waals surface area contributed by atoms with Gasteiger partial charge >= 0.3 is 11.9 Å². The summed E-state index contributed by atoms with van der Waals surface area (Å²) in [5, 5.41) is 20.1. The number of aromatic carboxylic acids is 1. The number of nitrogens with zero attached hydrogens (tertiary/aromatic N) is 2. The number of hydrogen-bond donors (Lipinski definition) is 3. The Morgan fingerprint density at radius 1 is 1.21 bits per heavy atom. The van der Waals surface area contributed by atoms with Crippen LogP contribution in [0.3, 0.4) is 0 Å². The molecule has 2 aliphatic heterocycles. The second-order valence-electron chi connectivity index (χ2n) is 6.59.